The third kappa shape index (κ3) is 1.91. The predicted molar refractivity (Wildman–Crippen MR) is 74.2 cm³/mol. The number of fused-ring (bicyclic) bond motifs is 1. The number of hydrogen-bond donors (Lipinski definition) is 0. The molecule has 2 aromatic rings. The van der Waals surface area contributed by atoms with E-state index in [2.05, 4.69) is 23.6 Å². The summed E-state index contributed by atoms with van der Waals surface area (Å²) in [6, 6.07) is 6.18. The van der Waals surface area contributed by atoms with Crippen molar-refractivity contribution in [1.29, 1.82) is 0 Å². The standard InChI is InChI=1S/C15H19FN2O/c1-17(2)13-4-5-14(13)18-7-6-10-8-11(19-3)9-12(16)15(10)18/h6-9,13-14H,4-5H2,1-3H3. The SMILES string of the molecule is COc1cc(F)c2c(ccn2C2CCC2N(C)C)c1. The maximum absolute atomic E-state index is 14.3. The maximum Gasteiger partial charge on any atom is 0.151 e. The minimum atomic E-state index is -0.205. The van der Waals surface area contributed by atoms with E-state index in [1.807, 2.05) is 18.3 Å². The van der Waals surface area contributed by atoms with Crippen molar-refractivity contribution in [3.63, 3.8) is 0 Å². The number of rotatable bonds is 3. The summed E-state index contributed by atoms with van der Waals surface area (Å²) in [6.45, 7) is 0. The van der Waals surface area contributed by atoms with Crippen LogP contribution < -0.4 is 4.74 Å². The number of benzene rings is 1. The van der Waals surface area contributed by atoms with Crippen LogP contribution in [0.25, 0.3) is 10.9 Å². The van der Waals surface area contributed by atoms with Gasteiger partial charge in [-0.25, -0.2) is 4.39 Å². The van der Waals surface area contributed by atoms with Crippen molar-refractivity contribution in [3.8, 4) is 5.75 Å². The molecule has 0 saturated heterocycles. The summed E-state index contributed by atoms with van der Waals surface area (Å²) in [5.41, 5.74) is 0.692. The van der Waals surface area contributed by atoms with Gasteiger partial charge in [0.25, 0.3) is 0 Å². The summed E-state index contributed by atoms with van der Waals surface area (Å²) in [4.78, 5) is 2.22. The molecule has 19 heavy (non-hydrogen) atoms. The van der Waals surface area contributed by atoms with Crippen LogP contribution in [0, 0.1) is 5.82 Å². The smallest absolute Gasteiger partial charge is 0.151 e. The van der Waals surface area contributed by atoms with E-state index in [4.69, 9.17) is 4.74 Å². The van der Waals surface area contributed by atoms with Gasteiger partial charge in [0.15, 0.2) is 5.82 Å². The first-order valence-electron chi connectivity index (χ1n) is 6.62. The Morgan fingerprint density at radius 1 is 1.32 bits per heavy atom. The molecule has 1 heterocycles. The average Bonchev–Trinajstić information content (AvgIpc) is 2.71. The van der Waals surface area contributed by atoms with Gasteiger partial charge in [-0.05, 0) is 39.1 Å². The molecule has 3 rings (SSSR count). The minimum Gasteiger partial charge on any atom is -0.497 e. The molecule has 1 aliphatic carbocycles. The molecule has 0 N–H and O–H groups in total. The molecule has 1 saturated carbocycles. The van der Waals surface area contributed by atoms with Gasteiger partial charge >= 0.3 is 0 Å². The summed E-state index contributed by atoms with van der Waals surface area (Å²) in [6.07, 6.45) is 4.28. The van der Waals surface area contributed by atoms with Crippen molar-refractivity contribution in [2.45, 2.75) is 24.9 Å². The Morgan fingerprint density at radius 2 is 2.11 bits per heavy atom. The van der Waals surface area contributed by atoms with Crippen molar-refractivity contribution in [3.05, 3.63) is 30.2 Å². The minimum absolute atomic E-state index is 0.205. The van der Waals surface area contributed by atoms with Gasteiger partial charge < -0.3 is 14.2 Å². The first-order valence-corrected chi connectivity index (χ1v) is 6.62. The lowest BCUT2D eigenvalue weighted by Crippen LogP contribution is -2.44. The van der Waals surface area contributed by atoms with Gasteiger partial charge in [-0.1, -0.05) is 0 Å². The third-order valence-electron chi connectivity index (χ3n) is 4.20. The molecule has 1 fully saturated rings. The second-order valence-corrected chi connectivity index (χ2v) is 5.45. The zero-order valence-electron chi connectivity index (χ0n) is 11.6. The second-order valence-electron chi connectivity index (χ2n) is 5.45. The van der Waals surface area contributed by atoms with Crippen molar-refractivity contribution >= 4 is 10.9 Å². The molecule has 0 aliphatic heterocycles. The number of likely N-dealkylation sites (N-methyl/N-ethyl adjacent to an activating group) is 1. The summed E-state index contributed by atoms with van der Waals surface area (Å²) in [7, 11) is 5.73. The van der Waals surface area contributed by atoms with Crippen LogP contribution >= 0.6 is 0 Å². The van der Waals surface area contributed by atoms with Gasteiger partial charge in [-0.15, -0.1) is 0 Å². The van der Waals surface area contributed by atoms with Gasteiger partial charge in [0.1, 0.15) is 5.75 Å². The van der Waals surface area contributed by atoms with Crippen molar-refractivity contribution in [2.24, 2.45) is 0 Å². The number of hydrogen-bond acceptors (Lipinski definition) is 2. The lowest BCUT2D eigenvalue weighted by molar-refractivity contribution is 0.116. The zero-order valence-corrected chi connectivity index (χ0v) is 11.6. The number of methoxy groups -OCH3 is 1. The predicted octanol–water partition coefficient (Wildman–Crippen LogP) is 3.05. The molecule has 1 aromatic heterocycles. The van der Waals surface area contributed by atoms with E-state index in [9.17, 15) is 4.39 Å². The van der Waals surface area contributed by atoms with Crippen LogP contribution in [0.3, 0.4) is 0 Å². The van der Waals surface area contributed by atoms with E-state index in [1.165, 1.54) is 12.5 Å². The Hall–Kier alpha value is -1.55. The van der Waals surface area contributed by atoms with Crippen molar-refractivity contribution in [2.75, 3.05) is 21.2 Å². The van der Waals surface area contributed by atoms with Crippen molar-refractivity contribution in [1.82, 2.24) is 9.47 Å². The number of aromatic nitrogens is 1. The number of halogens is 1. The lowest BCUT2D eigenvalue weighted by Gasteiger charge is -2.42. The highest BCUT2D eigenvalue weighted by atomic mass is 19.1. The first-order chi connectivity index (χ1) is 9.11. The normalized spacial score (nSPS) is 22.8. The molecule has 4 heteroatoms. The van der Waals surface area contributed by atoms with Crippen LogP contribution in [-0.4, -0.2) is 36.7 Å². The summed E-state index contributed by atoms with van der Waals surface area (Å²) in [5, 5.41) is 0.904. The Balaban J connectivity index is 2.06. The van der Waals surface area contributed by atoms with Crippen molar-refractivity contribution < 1.29 is 9.13 Å². The monoisotopic (exact) mass is 262 g/mol. The fourth-order valence-electron chi connectivity index (χ4n) is 3.01. The summed E-state index contributed by atoms with van der Waals surface area (Å²) < 4.78 is 21.5. The Morgan fingerprint density at radius 3 is 2.68 bits per heavy atom. The third-order valence-corrected chi connectivity index (χ3v) is 4.20. The van der Waals surface area contributed by atoms with E-state index in [0.29, 0.717) is 23.3 Å². The molecule has 3 nitrogen and oxygen atoms in total. The van der Waals surface area contributed by atoms with Crippen LogP contribution in [0.1, 0.15) is 18.9 Å². The highest BCUT2D eigenvalue weighted by molar-refractivity contribution is 5.82. The molecular formula is C15H19FN2O. The highest BCUT2D eigenvalue weighted by Gasteiger charge is 2.34. The van der Waals surface area contributed by atoms with Crippen LogP contribution in [0.5, 0.6) is 5.75 Å². The quantitative estimate of drug-likeness (QED) is 0.846. The Kier molecular flexibility index (Phi) is 2.97. The molecule has 0 spiro atoms. The van der Waals surface area contributed by atoms with E-state index in [0.717, 1.165) is 11.8 Å². The first kappa shape index (κ1) is 12.5. The molecule has 1 aromatic carbocycles. The van der Waals surface area contributed by atoms with E-state index < -0.39 is 0 Å². The molecular weight excluding hydrogens is 243 g/mol. The van der Waals surface area contributed by atoms with Gasteiger partial charge in [-0.3, -0.25) is 0 Å². The van der Waals surface area contributed by atoms with Gasteiger partial charge in [0, 0.05) is 29.7 Å². The largest absolute Gasteiger partial charge is 0.497 e. The second kappa shape index (κ2) is 4.53. The molecule has 2 unspecified atom stereocenters. The molecule has 1 aliphatic rings. The zero-order chi connectivity index (χ0) is 13.6. The van der Waals surface area contributed by atoms with Crippen LogP contribution in [0.2, 0.25) is 0 Å². The van der Waals surface area contributed by atoms with Crippen LogP contribution in [-0.2, 0) is 0 Å². The molecule has 0 bridgehead atoms. The fraction of sp³-hybridized carbons (Fsp3) is 0.467. The van der Waals surface area contributed by atoms with Gasteiger partial charge in [-0.2, -0.15) is 0 Å². The molecule has 102 valence electrons. The van der Waals surface area contributed by atoms with Gasteiger partial charge in [0.2, 0.25) is 0 Å². The summed E-state index contributed by atoms with van der Waals surface area (Å²) >= 11 is 0. The molecule has 0 radical (unpaired) electrons. The van der Waals surface area contributed by atoms with E-state index in [-0.39, 0.29) is 5.82 Å². The maximum atomic E-state index is 14.3. The number of nitrogens with zero attached hydrogens (tertiary/aromatic N) is 2. The van der Waals surface area contributed by atoms with Crippen LogP contribution in [0.15, 0.2) is 24.4 Å². The van der Waals surface area contributed by atoms with Crippen LogP contribution in [0.4, 0.5) is 4.39 Å². The van der Waals surface area contributed by atoms with E-state index >= 15 is 0 Å². The number of ether oxygens (including phenoxy) is 1. The van der Waals surface area contributed by atoms with E-state index in [1.54, 1.807) is 7.11 Å². The summed E-state index contributed by atoms with van der Waals surface area (Å²) in [5.74, 6) is 0.365. The lowest BCUT2D eigenvalue weighted by atomic mass is 9.85. The average molecular weight is 262 g/mol. The molecule has 0 amide bonds. The van der Waals surface area contributed by atoms with Gasteiger partial charge in [0.05, 0.1) is 12.6 Å². The highest BCUT2D eigenvalue weighted by Crippen LogP contribution is 2.38. The topological polar surface area (TPSA) is 17.4 Å². The fourth-order valence-corrected chi connectivity index (χ4v) is 3.01. The Bertz CT molecular complexity index is 605. The Labute approximate surface area is 112 Å². The molecule has 2 atom stereocenters.